The van der Waals surface area contributed by atoms with Gasteiger partial charge in [0.25, 0.3) is 11.2 Å². The number of nitrogens with zero attached hydrogens (tertiary/aromatic N) is 4. The number of nitro benzene ring substituents is 1. The van der Waals surface area contributed by atoms with Gasteiger partial charge in [0.1, 0.15) is 0 Å². The molecular formula is C31H36N5O8S+. The minimum absolute atomic E-state index is 0.0757. The number of esters is 1. The number of carbonyl (C=O) groups excluding carboxylic acids is 1. The zero-order valence-corrected chi connectivity index (χ0v) is 26.9. The van der Waals surface area contributed by atoms with Crippen LogP contribution in [0.3, 0.4) is 0 Å². The number of hydrogen-bond donors (Lipinski definition) is 1. The highest BCUT2D eigenvalue weighted by atomic mass is 32.1. The Hall–Kier alpha value is -4.69. The van der Waals surface area contributed by atoms with Crippen LogP contribution in [-0.2, 0) is 9.53 Å². The van der Waals surface area contributed by atoms with E-state index in [2.05, 4.69) is 16.9 Å². The van der Waals surface area contributed by atoms with Gasteiger partial charge in [0.2, 0.25) is 5.75 Å². The Morgan fingerprint density at radius 2 is 1.80 bits per heavy atom. The Morgan fingerprint density at radius 1 is 1.13 bits per heavy atom. The summed E-state index contributed by atoms with van der Waals surface area (Å²) in [4.78, 5) is 47.5. The first-order valence-corrected chi connectivity index (χ1v) is 15.3. The van der Waals surface area contributed by atoms with Gasteiger partial charge >= 0.3 is 5.97 Å². The van der Waals surface area contributed by atoms with Gasteiger partial charge in [-0.2, -0.15) is 0 Å². The van der Waals surface area contributed by atoms with E-state index in [1.165, 1.54) is 42.9 Å². The predicted octanol–water partition coefficient (Wildman–Crippen LogP) is 1.07. The van der Waals surface area contributed by atoms with Crippen LogP contribution in [0.1, 0.15) is 31.0 Å². The molecule has 1 aromatic heterocycles. The van der Waals surface area contributed by atoms with Gasteiger partial charge in [-0.3, -0.25) is 19.5 Å². The maximum atomic E-state index is 14.3. The maximum absolute atomic E-state index is 14.3. The number of allylic oxidation sites excluding steroid dienone is 1. The second-order valence-electron chi connectivity index (χ2n) is 10.7. The number of piperazine rings is 1. The summed E-state index contributed by atoms with van der Waals surface area (Å²) in [6.07, 6.45) is 1.67. The first-order chi connectivity index (χ1) is 21.6. The summed E-state index contributed by atoms with van der Waals surface area (Å²) in [5, 5.41) is 11.7. The number of hydrogen-bond acceptors (Lipinski definition) is 11. The molecule has 13 nitrogen and oxygen atoms in total. The summed E-state index contributed by atoms with van der Waals surface area (Å²) in [5.74, 6) is 0.451. The normalized spacial score (nSPS) is 17.1. The van der Waals surface area contributed by atoms with Crippen LogP contribution in [-0.4, -0.2) is 76.6 Å². The minimum atomic E-state index is -0.929. The second kappa shape index (κ2) is 13.1. The van der Waals surface area contributed by atoms with E-state index >= 15 is 0 Å². The van der Waals surface area contributed by atoms with E-state index in [1.807, 2.05) is 0 Å². The van der Waals surface area contributed by atoms with Crippen molar-refractivity contribution >= 4 is 34.8 Å². The number of quaternary nitrogens is 1. The van der Waals surface area contributed by atoms with Gasteiger partial charge in [-0.25, -0.2) is 9.79 Å². The molecule has 3 heterocycles. The van der Waals surface area contributed by atoms with Gasteiger partial charge < -0.3 is 28.7 Å². The fourth-order valence-corrected chi connectivity index (χ4v) is 6.73. The third-order valence-electron chi connectivity index (χ3n) is 7.99. The van der Waals surface area contributed by atoms with Crippen LogP contribution in [0.4, 0.5) is 11.4 Å². The molecule has 1 N–H and O–H groups in total. The predicted molar refractivity (Wildman–Crippen MR) is 168 cm³/mol. The summed E-state index contributed by atoms with van der Waals surface area (Å²) >= 11 is 1.15. The van der Waals surface area contributed by atoms with E-state index in [9.17, 15) is 19.7 Å². The lowest BCUT2D eigenvalue weighted by atomic mass is 9.95. The number of anilines is 1. The number of aromatic nitrogens is 1. The fourth-order valence-electron chi connectivity index (χ4n) is 5.70. The lowest BCUT2D eigenvalue weighted by Gasteiger charge is -2.32. The van der Waals surface area contributed by atoms with Crippen LogP contribution in [0, 0.1) is 10.1 Å². The van der Waals surface area contributed by atoms with Crippen molar-refractivity contribution in [3.05, 3.63) is 82.5 Å². The number of non-ortho nitro benzene ring substituents is 1. The molecule has 0 saturated carbocycles. The standard InChI is InChI=1S/C31H35N5O8S/c1-7-44-30(38)26-18(2)32-31-35(27(26)20-15-23(41-4)28(43-6)24(16-20)42-5)29(37)25(45-31)17-19-14-21(36(39)40)8-9-22(19)34-12-10-33(3)11-13-34/h8-9,14-17,27H,7,10-13H2,1-6H3/p+1/b25-17+/t27-/m0/s1. The molecule has 0 bridgehead atoms. The molecular weight excluding hydrogens is 602 g/mol. The van der Waals surface area contributed by atoms with Crippen molar-refractivity contribution in [2.45, 2.75) is 19.9 Å². The molecule has 14 heteroatoms. The van der Waals surface area contributed by atoms with Crippen LogP contribution in [0.15, 0.2) is 51.4 Å². The largest absolute Gasteiger partial charge is 0.493 e. The van der Waals surface area contributed by atoms with E-state index in [4.69, 9.17) is 18.9 Å². The van der Waals surface area contributed by atoms with Crippen LogP contribution < -0.4 is 38.9 Å². The number of ether oxygens (including phenoxy) is 4. The maximum Gasteiger partial charge on any atom is 0.338 e. The Morgan fingerprint density at radius 3 is 2.38 bits per heavy atom. The molecule has 5 rings (SSSR count). The zero-order chi connectivity index (χ0) is 32.4. The first kappa shape index (κ1) is 31.7. The molecule has 238 valence electrons. The summed E-state index contributed by atoms with van der Waals surface area (Å²) in [5.41, 5.74) is 1.99. The number of methoxy groups -OCH3 is 3. The Labute approximate surface area is 263 Å². The number of thiazole rings is 1. The average molecular weight is 639 g/mol. The topological polar surface area (TPSA) is 139 Å². The van der Waals surface area contributed by atoms with Crippen molar-refractivity contribution in [1.29, 1.82) is 0 Å². The summed E-state index contributed by atoms with van der Waals surface area (Å²) in [6, 6.07) is 7.17. The monoisotopic (exact) mass is 638 g/mol. The van der Waals surface area contributed by atoms with Crippen LogP contribution >= 0.6 is 11.3 Å². The smallest absolute Gasteiger partial charge is 0.338 e. The molecule has 3 aromatic rings. The molecule has 0 spiro atoms. The van der Waals surface area contributed by atoms with E-state index in [0.29, 0.717) is 43.4 Å². The van der Waals surface area contributed by atoms with E-state index in [-0.39, 0.29) is 17.9 Å². The number of fused-ring (bicyclic) bond motifs is 1. The van der Waals surface area contributed by atoms with Crippen molar-refractivity contribution in [2.75, 3.05) is 66.1 Å². The van der Waals surface area contributed by atoms with Crippen molar-refractivity contribution in [3.63, 3.8) is 0 Å². The lowest BCUT2D eigenvalue weighted by Crippen LogP contribution is -3.12. The minimum Gasteiger partial charge on any atom is -0.493 e. The quantitative estimate of drug-likeness (QED) is 0.207. The Balaban J connectivity index is 1.75. The van der Waals surface area contributed by atoms with Crippen LogP contribution in [0.25, 0.3) is 6.08 Å². The lowest BCUT2D eigenvalue weighted by molar-refractivity contribution is -0.880. The summed E-state index contributed by atoms with van der Waals surface area (Å²) in [7, 11) is 6.59. The molecule has 2 aliphatic heterocycles. The number of rotatable bonds is 9. The van der Waals surface area contributed by atoms with E-state index in [0.717, 1.165) is 43.2 Å². The van der Waals surface area contributed by atoms with Gasteiger partial charge in [0, 0.05) is 23.4 Å². The van der Waals surface area contributed by atoms with Gasteiger partial charge in [0.05, 0.1) is 87.9 Å². The molecule has 0 radical (unpaired) electrons. The van der Waals surface area contributed by atoms with Crippen LogP contribution in [0.5, 0.6) is 17.2 Å². The average Bonchev–Trinajstić information content (AvgIpc) is 3.33. The van der Waals surface area contributed by atoms with Crippen molar-refractivity contribution in [3.8, 4) is 17.2 Å². The molecule has 1 atom stereocenters. The molecule has 0 unspecified atom stereocenters. The molecule has 0 amide bonds. The number of benzene rings is 2. The molecule has 2 aliphatic rings. The molecule has 1 fully saturated rings. The van der Waals surface area contributed by atoms with E-state index < -0.39 is 22.5 Å². The Bertz CT molecular complexity index is 1830. The van der Waals surface area contributed by atoms with Crippen molar-refractivity contribution < 1.29 is 33.6 Å². The number of nitrogens with one attached hydrogen (secondary N) is 1. The van der Waals surface area contributed by atoms with Crippen molar-refractivity contribution in [1.82, 2.24) is 4.57 Å². The zero-order valence-electron chi connectivity index (χ0n) is 26.0. The number of carbonyl (C=O) groups is 1. The SMILES string of the molecule is CCOC(=O)C1=C(C)N=c2s/c(=C/c3cc([N+](=O)[O-])ccc3N3CC[NH+](C)CC3)c(=O)n2[C@H]1c1cc(OC)c(OC)c(OC)c1. The highest BCUT2D eigenvalue weighted by Gasteiger charge is 2.35. The van der Waals surface area contributed by atoms with Crippen molar-refractivity contribution in [2.24, 2.45) is 4.99 Å². The summed E-state index contributed by atoms with van der Waals surface area (Å²) in [6.45, 7) is 6.92. The molecule has 2 aromatic carbocycles. The third-order valence-corrected chi connectivity index (χ3v) is 8.97. The number of likely N-dealkylation sites (N-methyl/N-ethyl adjacent to an activating group) is 1. The number of nitro groups is 1. The second-order valence-corrected chi connectivity index (χ2v) is 11.7. The van der Waals surface area contributed by atoms with E-state index in [1.54, 1.807) is 38.1 Å². The molecule has 0 aliphatic carbocycles. The van der Waals surface area contributed by atoms with Crippen LogP contribution in [0.2, 0.25) is 0 Å². The molecule has 45 heavy (non-hydrogen) atoms. The summed E-state index contributed by atoms with van der Waals surface area (Å²) < 4.78 is 23.8. The van der Waals surface area contributed by atoms with Gasteiger partial charge in [0.15, 0.2) is 16.3 Å². The van der Waals surface area contributed by atoms with Gasteiger partial charge in [-0.1, -0.05) is 11.3 Å². The first-order valence-electron chi connectivity index (χ1n) is 14.5. The Kier molecular flexibility index (Phi) is 9.25. The highest BCUT2D eigenvalue weighted by Crippen LogP contribution is 2.42. The fraction of sp³-hybridized carbons (Fsp3) is 0.387. The highest BCUT2D eigenvalue weighted by molar-refractivity contribution is 7.07. The van der Waals surface area contributed by atoms with Gasteiger partial charge in [-0.05, 0) is 43.7 Å². The van der Waals surface area contributed by atoms with Gasteiger partial charge in [-0.15, -0.1) is 0 Å². The molecule has 1 saturated heterocycles. The third kappa shape index (κ3) is 6.02.